The molecule has 0 aromatic heterocycles. The van der Waals surface area contributed by atoms with Crippen molar-refractivity contribution in [2.75, 3.05) is 18.8 Å². The van der Waals surface area contributed by atoms with E-state index >= 15 is 0 Å². The molecule has 0 amide bonds. The van der Waals surface area contributed by atoms with Gasteiger partial charge in [0.1, 0.15) is 34.5 Å². The van der Waals surface area contributed by atoms with E-state index in [1.54, 1.807) is 71.7 Å². The summed E-state index contributed by atoms with van der Waals surface area (Å²) in [6.45, 7) is 0. The molecule has 0 heterocycles. The summed E-state index contributed by atoms with van der Waals surface area (Å²) in [4.78, 5) is 1.44. The number of phenolic OH excluding ortho intramolecular Hbond substituents is 6. The van der Waals surface area contributed by atoms with E-state index in [1.165, 1.54) is 52.0 Å². The molecule has 0 spiro atoms. The quantitative estimate of drug-likeness (QED) is 0.0657. The zero-order valence-electron chi connectivity index (χ0n) is 25.1. The summed E-state index contributed by atoms with van der Waals surface area (Å²) in [7, 11) is 0. The van der Waals surface area contributed by atoms with Gasteiger partial charge in [0.05, 0.1) is 14.7 Å². The number of thioether (sulfide) groups is 6. The molecule has 0 fully saturated rings. The van der Waals surface area contributed by atoms with Crippen molar-refractivity contribution >= 4 is 70.6 Å². The predicted octanol–water partition coefficient (Wildman–Crippen LogP) is 9.39. The van der Waals surface area contributed by atoms with Gasteiger partial charge in [-0.3, -0.25) is 0 Å². The Morgan fingerprint density at radius 3 is 0.689 bits per heavy atom. The highest BCUT2D eigenvalue weighted by Gasteiger charge is 2.12. The van der Waals surface area contributed by atoms with Crippen LogP contribution in [0.15, 0.2) is 69.3 Å². The molecule has 0 bridgehead atoms. The van der Waals surface area contributed by atoms with Gasteiger partial charge in [0.2, 0.25) is 0 Å². The van der Waals surface area contributed by atoms with E-state index in [4.69, 9.17) is 0 Å². The lowest BCUT2D eigenvalue weighted by Crippen LogP contribution is -1.93. The van der Waals surface area contributed by atoms with Crippen molar-refractivity contribution in [3.63, 3.8) is 0 Å². The van der Waals surface area contributed by atoms with E-state index in [2.05, 4.69) is 18.2 Å². The fourth-order valence-corrected chi connectivity index (χ4v) is 9.12. The molecule has 0 atom stereocenters. The Balaban J connectivity index is 1.45. The summed E-state index contributed by atoms with van der Waals surface area (Å²) < 4.78 is 0. The maximum atomic E-state index is 10.3. The summed E-state index contributed by atoms with van der Waals surface area (Å²) in [5, 5.41) is 61.5. The molecular formula is C33H36O6S6. The third kappa shape index (κ3) is 9.89. The van der Waals surface area contributed by atoms with Gasteiger partial charge in [-0.15, -0.1) is 35.3 Å². The molecule has 4 rings (SSSR count). The number of aromatic hydroxyl groups is 6. The molecule has 0 aliphatic heterocycles. The van der Waals surface area contributed by atoms with Crippen LogP contribution < -0.4 is 0 Å². The molecule has 0 saturated heterocycles. The van der Waals surface area contributed by atoms with Crippen LogP contribution in [0, 0.1) is 0 Å². The van der Waals surface area contributed by atoms with Gasteiger partial charge in [-0.1, -0.05) is 18.2 Å². The minimum atomic E-state index is 0.0888. The van der Waals surface area contributed by atoms with Crippen molar-refractivity contribution < 1.29 is 30.6 Å². The predicted molar refractivity (Wildman–Crippen MR) is 196 cm³/mol. The zero-order chi connectivity index (χ0) is 32.5. The number of rotatable bonds is 15. The highest BCUT2D eigenvalue weighted by Crippen LogP contribution is 2.40. The molecule has 45 heavy (non-hydrogen) atoms. The topological polar surface area (TPSA) is 121 Å². The van der Waals surface area contributed by atoms with Crippen molar-refractivity contribution in [3.05, 3.63) is 88.0 Å². The van der Waals surface area contributed by atoms with E-state index in [0.29, 0.717) is 31.9 Å². The maximum Gasteiger partial charge on any atom is 0.133 e. The van der Waals surface area contributed by atoms with Gasteiger partial charge in [-0.2, -0.15) is 35.3 Å². The van der Waals surface area contributed by atoms with Gasteiger partial charge in [0.25, 0.3) is 0 Å². The molecule has 0 aliphatic carbocycles. The van der Waals surface area contributed by atoms with Crippen molar-refractivity contribution in [1.82, 2.24) is 0 Å². The molecule has 0 saturated carbocycles. The average molecular weight is 721 g/mol. The van der Waals surface area contributed by atoms with Crippen molar-refractivity contribution in [2.24, 2.45) is 0 Å². The lowest BCUT2D eigenvalue weighted by molar-refractivity contribution is 0.426. The summed E-state index contributed by atoms with van der Waals surface area (Å²) in [5.41, 5.74) is 6.07. The van der Waals surface area contributed by atoms with Crippen LogP contribution in [0.1, 0.15) is 33.4 Å². The fraction of sp³-hybridized carbons (Fsp3) is 0.273. The molecule has 4 aromatic rings. The Hall–Kier alpha value is -2.22. The first-order chi connectivity index (χ1) is 21.6. The third-order valence-corrected chi connectivity index (χ3v) is 12.4. The lowest BCUT2D eigenvalue weighted by Gasteiger charge is -2.12. The first-order valence-corrected chi connectivity index (χ1v) is 20.9. The minimum Gasteiger partial charge on any atom is -0.507 e. The van der Waals surface area contributed by atoms with E-state index in [1.807, 2.05) is 18.8 Å². The second-order valence-corrected chi connectivity index (χ2v) is 15.5. The lowest BCUT2D eigenvalue weighted by atomic mass is 10.1. The molecule has 240 valence electrons. The second-order valence-electron chi connectivity index (χ2n) is 10.1. The van der Waals surface area contributed by atoms with Gasteiger partial charge in [-0.05, 0) is 88.5 Å². The number of hydrogen-bond donors (Lipinski definition) is 6. The third-order valence-electron chi connectivity index (χ3n) is 6.67. The van der Waals surface area contributed by atoms with Crippen LogP contribution in [0.2, 0.25) is 0 Å². The second kappa shape index (κ2) is 17.1. The summed E-state index contributed by atoms with van der Waals surface area (Å²) in [5.74, 6) is 4.68. The summed E-state index contributed by atoms with van der Waals surface area (Å²) in [6, 6.07) is 16.8. The van der Waals surface area contributed by atoms with Gasteiger partial charge in [0, 0.05) is 34.5 Å². The summed E-state index contributed by atoms with van der Waals surface area (Å²) >= 11 is 9.04. The fourth-order valence-electron chi connectivity index (χ4n) is 4.79. The average Bonchev–Trinajstić information content (AvgIpc) is 2.97. The van der Waals surface area contributed by atoms with Crippen molar-refractivity contribution in [1.29, 1.82) is 0 Å². The van der Waals surface area contributed by atoms with Gasteiger partial charge in [0.15, 0.2) is 0 Å². The van der Waals surface area contributed by atoms with Gasteiger partial charge in [-0.25, -0.2) is 0 Å². The molecule has 12 heteroatoms. The summed E-state index contributed by atoms with van der Waals surface area (Å²) in [6.07, 6.45) is 5.44. The van der Waals surface area contributed by atoms with Crippen LogP contribution in [0.5, 0.6) is 34.5 Å². The Bertz CT molecular complexity index is 1360. The maximum absolute atomic E-state index is 10.3. The van der Waals surface area contributed by atoms with Gasteiger partial charge >= 0.3 is 0 Å². The van der Waals surface area contributed by atoms with Crippen LogP contribution in [0.25, 0.3) is 0 Å². The van der Waals surface area contributed by atoms with E-state index in [9.17, 15) is 30.6 Å². The Labute approximate surface area is 289 Å². The van der Waals surface area contributed by atoms with Crippen LogP contribution in [0.3, 0.4) is 0 Å². The SMILES string of the molecule is CSc1c(O)cc(CSCc2cc(CSCc3cc(O)c(SC)c(O)c3)cc(CSCc3cc(O)c(SC)c(O)c3)c2)cc1O. The van der Waals surface area contributed by atoms with Crippen molar-refractivity contribution in [3.8, 4) is 34.5 Å². The monoisotopic (exact) mass is 720 g/mol. The number of benzene rings is 4. The highest BCUT2D eigenvalue weighted by atomic mass is 32.2. The normalized spacial score (nSPS) is 11.3. The minimum absolute atomic E-state index is 0.0888. The number of hydrogen-bond acceptors (Lipinski definition) is 12. The Morgan fingerprint density at radius 1 is 0.333 bits per heavy atom. The van der Waals surface area contributed by atoms with Crippen molar-refractivity contribution in [2.45, 2.75) is 49.2 Å². The van der Waals surface area contributed by atoms with Gasteiger partial charge < -0.3 is 30.6 Å². The molecule has 6 N–H and O–H groups in total. The van der Waals surface area contributed by atoms with E-state index in [-0.39, 0.29) is 34.5 Å². The highest BCUT2D eigenvalue weighted by molar-refractivity contribution is 7.99. The molecule has 4 aromatic carbocycles. The largest absolute Gasteiger partial charge is 0.507 e. The first kappa shape index (κ1) is 35.6. The molecule has 6 nitrogen and oxygen atoms in total. The van der Waals surface area contributed by atoms with Crippen LogP contribution in [-0.4, -0.2) is 49.4 Å². The number of phenols is 6. The van der Waals surface area contributed by atoms with E-state index < -0.39 is 0 Å². The molecule has 0 radical (unpaired) electrons. The molecule has 0 aliphatic rings. The molecule has 0 unspecified atom stereocenters. The van der Waals surface area contributed by atoms with E-state index in [0.717, 1.165) is 33.9 Å². The Kier molecular flexibility index (Phi) is 13.5. The molecular weight excluding hydrogens is 685 g/mol. The van der Waals surface area contributed by atoms with Crippen LogP contribution in [-0.2, 0) is 34.5 Å². The zero-order valence-corrected chi connectivity index (χ0v) is 30.0. The standard InChI is InChI=1S/C33H36O6S6/c1-40-31-25(34)7-22(8-26(31)35)16-43-13-19-4-20(14-44-17-23-9-27(36)32(41-2)28(37)10-23)6-21(5-19)15-45-18-24-11-29(38)33(42-3)30(39)12-24/h4-12,34-39H,13-18H2,1-3H3. The first-order valence-electron chi connectivity index (χ1n) is 13.7. The van der Waals surface area contributed by atoms with Crippen LogP contribution in [0.4, 0.5) is 0 Å². The smallest absolute Gasteiger partial charge is 0.133 e. The van der Waals surface area contributed by atoms with Crippen LogP contribution >= 0.6 is 70.6 Å². The Morgan fingerprint density at radius 2 is 0.511 bits per heavy atom.